The first-order valence-electron chi connectivity index (χ1n) is 4.64. The normalized spacial score (nSPS) is 10.1. The molecule has 1 aromatic carbocycles. The van der Waals surface area contributed by atoms with Crippen molar-refractivity contribution in [3.8, 4) is 11.8 Å². The smallest absolute Gasteiger partial charge is 0.244 e. The molecule has 0 spiro atoms. The lowest BCUT2D eigenvalue weighted by Gasteiger charge is -2.04. The molecule has 2 aromatic rings. The van der Waals surface area contributed by atoms with E-state index in [1.807, 2.05) is 0 Å². The maximum absolute atomic E-state index is 11.6. The standard InChI is InChI=1S/C10H9N5O/c1-7-8(6-11)4-3-5-9(7)15-10(16)14(2)12-13-15/h3-5H,1-2H3. The van der Waals surface area contributed by atoms with Crippen LogP contribution in [0.15, 0.2) is 23.0 Å². The van der Waals surface area contributed by atoms with Gasteiger partial charge in [-0.3, -0.25) is 0 Å². The zero-order valence-electron chi connectivity index (χ0n) is 8.88. The molecule has 6 nitrogen and oxygen atoms in total. The van der Waals surface area contributed by atoms with E-state index in [1.165, 1.54) is 11.7 Å². The SMILES string of the molecule is Cc1c(C#N)cccc1-n1nnn(C)c1=O. The summed E-state index contributed by atoms with van der Waals surface area (Å²) in [5, 5.41) is 16.2. The van der Waals surface area contributed by atoms with E-state index in [2.05, 4.69) is 16.5 Å². The molecule has 0 saturated heterocycles. The average Bonchev–Trinajstić information content (AvgIpc) is 2.61. The van der Waals surface area contributed by atoms with Crippen molar-refractivity contribution in [2.45, 2.75) is 6.92 Å². The van der Waals surface area contributed by atoms with Crippen LogP contribution >= 0.6 is 0 Å². The highest BCUT2D eigenvalue weighted by Gasteiger charge is 2.10. The monoisotopic (exact) mass is 215 g/mol. The number of nitriles is 1. The van der Waals surface area contributed by atoms with E-state index < -0.39 is 0 Å². The molecule has 0 saturated carbocycles. The van der Waals surface area contributed by atoms with Gasteiger partial charge in [0.1, 0.15) is 0 Å². The highest BCUT2D eigenvalue weighted by molar-refractivity contribution is 5.49. The Hall–Kier alpha value is -2.42. The molecule has 0 bridgehead atoms. The van der Waals surface area contributed by atoms with Gasteiger partial charge in [-0.25, -0.2) is 4.79 Å². The van der Waals surface area contributed by atoms with Gasteiger partial charge in [0.2, 0.25) is 0 Å². The minimum Gasteiger partial charge on any atom is -0.244 e. The number of nitrogens with zero attached hydrogens (tertiary/aromatic N) is 5. The van der Waals surface area contributed by atoms with E-state index >= 15 is 0 Å². The van der Waals surface area contributed by atoms with Gasteiger partial charge in [-0.1, -0.05) is 6.07 Å². The first kappa shape index (κ1) is 10.1. The van der Waals surface area contributed by atoms with Gasteiger partial charge in [0, 0.05) is 7.05 Å². The van der Waals surface area contributed by atoms with Crippen molar-refractivity contribution in [1.29, 1.82) is 5.26 Å². The van der Waals surface area contributed by atoms with Crippen LogP contribution in [0.3, 0.4) is 0 Å². The Labute approximate surface area is 91.3 Å². The molecule has 80 valence electrons. The van der Waals surface area contributed by atoms with E-state index in [9.17, 15) is 4.79 Å². The molecule has 0 atom stereocenters. The van der Waals surface area contributed by atoms with Crippen LogP contribution in [0, 0.1) is 18.3 Å². The van der Waals surface area contributed by atoms with Crippen molar-refractivity contribution < 1.29 is 0 Å². The van der Waals surface area contributed by atoms with Crippen molar-refractivity contribution in [3.05, 3.63) is 39.8 Å². The van der Waals surface area contributed by atoms with Gasteiger partial charge in [-0.05, 0) is 35.0 Å². The summed E-state index contributed by atoms with van der Waals surface area (Å²) < 4.78 is 2.31. The first-order chi connectivity index (χ1) is 7.65. The second-order valence-electron chi connectivity index (χ2n) is 3.36. The van der Waals surface area contributed by atoms with Crippen molar-refractivity contribution in [3.63, 3.8) is 0 Å². The zero-order valence-corrected chi connectivity index (χ0v) is 8.88. The second-order valence-corrected chi connectivity index (χ2v) is 3.36. The Morgan fingerprint density at radius 2 is 2.12 bits per heavy atom. The lowest BCUT2D eigenvalue weighted by atomic mass is 10.1. The van der Waals surface area contributed by atoms with E-state index in [0.717, 1.165) is 4.68 Å². The zero-order chi connectivity index (χ0) is 11.7. The fraction of sp³-hybridized carbons (Fsp3) is 0.200. The van der Waals surface area contributed by atoms with E-state index in [-0.39, 0.29) is 5.69 Å². The number of benzene rings is 1. The highest BCUT2D eigenvalue weighted by atomic mass is 16.2. The molecule has 1 heterocycles. The number of hydrogen-bond acceptors (Lipinski definition) is 4. The third kappa shape index (κ3) is 1.39. The number of aromatic nitrogens is 4. The molecule has 0 N–H and O–H groups in total. The lowest BCUT2D eigenvalue weighted by Crippen LogP contribution is -2.22. The van der Waals surface area contributed by atoms with Gasteiger partial charge in [-0.15, -0.1) is 0 Å². The van der Waals surface area contributed by atoms with Crippen LogP contribution in [-0.2, 0) is 7.05 Å². The number of tetrazole rings is 1. The Balaban J connectivity index is 2.71. The Kier molecular flexibility index (Phi) is 2.29. The largest absolute Gasteiger partial charge is 0.368 e. The predicted octanol–water partition coefficient (Wildman–Crippen LogP) is 0.146. The summed E-state index contributed by atoms with van der Waals surface area (Å²) in [6.45, 7) is 1.77. The Morgan fingerprint density at radius 1 is 1.38 bits per heavy atom. The first-order valence-corrected chi connectivity index (χ1v) is 4.64. The summed E-state index contributed by atoms with van der Waals surface area (Å²) in [4.78, 5) is 11.6. The van der Waals surface area contributed by atoms with Gasteiger partial charge in [0.05, 0.1) is 17.3 Å². The van der Waals surface area contributed by atoms with Crippen molar-refractivity contribution >= 4 is 0 Å². The summed E-state index contributed by atoms with van der Waals surface area (Å²) in [5.74, 6) is 0. The van der Waals surface area contributed by atoms with Gasteiger partial charge in [0.15, 0.2) is 0 Å². The summed E-state index contributed by atoms with van der Waals surface area (Å²) >= 11 is 0. The van der Waals surface area contributed by atoms with Crippen molar-refractivity contribution in [2.24, 2.45) is 7.05 Å². The van der Waals surface area contributed by atoms with Crippen molar-refractivity contribution in [1.82, 2.24) is 19.8 Å². The van der Waals surface area contributed by atoms with Crippen molar-refractivity contribution in [2.75, 3.05) is 0 Å². The molecule has 0 amide bonds. The quantitative estimate of drug-likeness (QED) is 0.678. The fourth-order valence-electron chi connectivity index (χ4n) is 1.44. The molecule has 0 aliphatic carbocycles. The molecule has 2 rings (SSSR count). The van der Waals surface area contributed by atoms with Crippen LogP contribution in [0.4, 0.5) is 0 Å². The van der Waals surface area contributed by atoms with E-state index in [0.29, 0.717) is 16.8 Å². The molecule has 1 aromatic heterocycles. The van der Waals surface area contributed by atoms with E-state index in [4.69, 9.17) is 5.26 Å². The van der Waals surface area contributed by atoms with Crippen LogP contribution in [0.1, 0.15) is 11.1 Å². The van der Waals surface area contributed by atoms with Crippen LogP contribution in [0.5, 0.6) is 0 Å². The highest BCUT2D eigenvalue weighted by Crippen LogP contribution is 2.14. The van der Waals surface area contributed by atoms with Gasteiger partial charge >= 0.3 is 5.69 Å². The molecule has 0 fully saturated rings. The number of hydrogen-bond donors (Lipinski definition) is 0. The van der Waals surface area contributed by atoms with Crippen LogP contribution < -0.4 is 5.69 Å². The molecule has 6 heteroatoms. The lowest BCUT2D eigenvalue weighted by molar-refractivity contribution is 0.692. The summed E-state index contributed by atoms with van der Waals surface area (Å²) in [6.07, 6.45) is 0. The Bertz CT molecular complexity index is 631. The topological polar surface area (TPSA) is 76.5 Å². The predicted molar refractivity (Wildman–Crippen MR) is 56.1 cm³/mol. The third-order valence-corrected chi connectivity index (χ3v) is 2.38. The van der Waals surface area contributed by atoms with Crippen LogP contribution in [0.25, 0.3) is 5.69 Å². The average molecular weight is 215 g/mol. The maximum Gasteiger partial charge on any atom is 0.368 e. The molecule has 0 unspecified atom stereocenters. The van der Waals surface area contributed by atoms with Gasteiger partial charge in [-0.2, -0.15) is 14.6 Å². The van der Waals surface area contributed by atoms with Gasteiger partial charge < -0.3 is 0 Å². The van der Waals surface area contributed by atoms with Crippen LogP contribution in [0.2, 0.25) is 0 Å². The third-order valence-electron chi connectivity index (χ3n) is 2.38. The summed E-state index contributed by atoms with van der Waals surface area (Å²) in [6, 6.07) is 7.19. The minimum atomic E-state index is -0.335. The molecule has 0 aliphatic rings. The van der Waals surface area contributed by atoms with Crippen LogP contribution in [-0.4, -0.2) is 19.8 Å². The maximum atomic E-state index is 11.6. The molecular weight excluding hydrogens is 206 g/mol. The summed E-state index contributed by atoms with van der Waals surface area (Å²) in [7, 11) is 1.52. The summed E-state index contributed by atoms with van der Waals surface area (Å²) in [5.41, 5.74) is 1.48. The molecule has 0 aliphatic heterocycles. The number of aryl methyl sites for hydroxylation is 1. The Morgan fingerprint density at radius 3 is 2.69 bits per heavy atom. The van der Waals surface area contributed by atoms with Gasteiger partial charge in [0.25, 0.3) is 0 Å². The molecular formula is C10H9N5O. The second kappa shape index (κ2) is 3.62. The van der Waals surface area contributed by atoms with E-state index in [1.54, 1.807) is 25.1 Å². The number of rotatable bonds is 1. The fourth-order valence-corrected chi connectivity index (χ4v) is 1.44. The molecule has 0 radical (unpaired) electrons. The molecule has 16 heavy (non-hydrogen) atoms. The minimum absolute atomic E-state index is 0.335.